The van der Waals surface area contributed by atoms with E-state index in [1.807, 2.05) is 24.0 Å². The molecule has 2 fully saturated rings. The van der Waals surface area contributed by atoms with E-state index in [2.05, 4.69) is 15.5 Å². The Balaban J connectivity index is 1.39. The molecule has 2 aromatic rings. The summed E-state index contributed by atoms with van der Waals surface area (Å²) in [6.07, 6.45) is 1.81. The number of alkyl carbamates (subject to hydrolysis) is 1. The first-order chi connectivity index (χ1) is 16.0. The molecule has 34 heavy (non-hydrogen) atoms. The summed E-state index contributed by atoms with van der Waals surface area (Å²) in [7, 11) is 0. The number of fused-ring (bicyclic) bond motifs is 1. The molecule has 9 nitrogen and oxygen atoms in total. The minimum atomic E-state index is -0.654. The summed E-state index contributed by atoms with van der Waals surface area (Å²) in [5.74, 6) is -0.137. The van der Waals surface area contributed by atoms with Gasteiger partial charge < -0.3 is 19.9 Å². The van der Waals surface area contributed by atoms with Crippen molar-refractivity contribution in [1.82, 2.24) is 25.3 Å². The number of carbonyl (C=O) groups is 3. The van der Waals surface area contributed by atoms with E-state index in [1.165, 1.54) is 0 Å². The second kappa shape index (κ2) is 9.09. The average molecular weight is 490 g/mol. The monoisotopic (exact) mass is 489 g/mol. The number of H-pyrrole nitrogens is 1. The van der Waals surface area contributed by atoms with Gasteiger partial charge in [-0.2, -0.15) is 5.10 Å². The van der Waals surface area contributed by atoms with Crippen LogP contribution < -0.4 is 5.32 Å². The topological polar surface area (TPSA) is 108 Å². The zero-order valence-electron chi connectivity index (χ0n) is 20.1. The van der Waals surface area contributed by atoms with Gasteiger partial charge in [0.2, 0.25) is 11.8 Å². The number of nitrogens with zero attached hydrogens (tertiary/aromatic N) is 3. The number of amides is 3. The lowest BCUT2D eigenvalue weighted by atomic mass is 9.85. The fourth-order valence-corrected chi connectivity index (χ4v) is 5.14. The summed E-state index contributed by atoms with van der Waals surface area (Å²) in [6, 6.07) is 4.86. The van der Waals surface area contributed by atoms with Crippen LogP contribution in [0, 0.1) is 0 Å². The number of hydrogen-bond acceptors (Lipinski definition) is 5. The lowest BCUT2D eigenvalue weighted by Crippen LogP contribution is -2.71. The lowest BCUT2D eigenvalue weighted by molar-refractivity contribution is -0.154. The van der Waals surface area contributed by atoms with Crippen molar-refractivity contribution < 1.29 is 19.1 Å². The van der Waals surface area contributed by atoms with Crippen LogP contribution in [-0.4, -0.2) is 74.7 Å². The summed E-state index contributed by atoms with van der Waals surface area (Å²) in [5.41, 5.74) is 0.420. The molecule has 0 bridgehead atoms. The maximum absolute atomic E-state index is 13.3. The van der Waals surface area contributed by atoms with Gasteiger partial charge in [0, 0.05) is 25.0 Å². The second-order valence-electron chi connectivity index (χ2n) is 10.2. The smallest absolute Gasteiger partial charge is 0.408 e. The highest BCUT2D eigenvalue weighted by atomic mass is 35.5. The third-order valence-corrected chi connectivity index (χ3v) is 6.82. The van der Waals surface area contributed by atoms with E-state index in [-0.39, 0.29) is 23.8 Å². The van der Waals surface area contributed by atoms with Gasteiger partial charge in [-0.25, -0.2) is 4.79 Å². The molecule has 4 rings (SSSR count). The molecule has 10 heteroatoms. The Bertz CT molecular complexity index is 1100. The Morgan fingerprint density at radius 2 is 2.03 bits per heavy atom. The van der Waals surface area contributed by atoms with Crippen LogP contribution in [0.25, 0.3) is 10.9 Å². The van der Waals surface area contributed by atoms with Crippen LogP contribution >= 0.6 is 11.6 Å². The van der Waals surface area contributed by atoms with E-state index in [9.17, 15) is 14.4 Å². The minimum absolute atomic E-state index is 0.00838. The third-order valence-electron chi connectivity index (χ3n) is 6.52. The number of para-hydroxylation sites is 1. The van der Waals surface area contributed by atoms with Gasteiger partial charge in [0.25, 0.3) is 0 Å². The molecule has 1 aromatic carbocycles. The predicted octanol–water partition coefficient (Wildman–Crippen LogP) is 3.27. The first-order valence-electron chi connectivity index (χ1n) is 11.7. The summed E-state index contributed by atoms with van der Waals surface area (Å²) in [4.78, 5) is 42.1. The number of benzene rings is 1. The maximum Gasteiger partial charge on any atom is 0.408 e. The van der Waals surface area contributed by atoms with Crippen LogP contribution in [0.3, 0.4) is 0 Å². The molecule has 1 aromatic heterocycles. The molecule has 1 spiro atoms. The van der Waals surface area contributed by atoms with Gasteiger partial charge in [-0.1, -0.05) is 30.7 Å². The molecule has 2 aliphatic rings. The number of aromatic nitrogens is 2. The van der Waals surface area contributed by atoms with Crippen molar-refractivity contribution in [3.05, 3.63) is 28.9 Å². The summed E-state index contributed by atoms with van der Waals surface area (Å²) < 4.78 is 5.29. The fourth-order valence-electron chi connectivity index (χ4n) is 4.92. The summed E-state index contributed by atoms with van der Waals surface area (Å²) in [5, 5.41) is 11.3. The molecule has 0 aliphatic carbocycles. The summed E-state index contributed by atoms with van der Waals surface area (Å²) in [6.45, 7) is 8.80. The molecule has 0 saturated carbocycles. The zero-order chi connectivity index (χ0) is 24.7. The first-order valence-corrected chi connectivity index (χ1v) is 12.1. The fraction of sp³-hybridized carbons (Fsp3) is 0.583. The Kier molecular flexibility index (Phi) is 6.50. The highest BCUT2D eigenvalue weighted by Gasteiger charge is 2.54. The molecule has 184 valence electrons. The van der Waals surface area contributed by atoms with E-state index in [0.717, 1.165) is 23.9 Å². The van der Waals surface area contributed by atoms with Crippen LogP contribution in [0.4, 0.5) is 4.79 Å². The zero-order valence-corrected chi connectivity index (χ0v) is 20.9. The third kappa shape index (κ3) is 4.71. The van der Waals surface area contributed by atoms with E-state index in [1.54, 1.807) is 31.7 Å². The average Bonchev–Trinajstić information content (AvgIpc) is 3.35. The molecule has 3 amide bonds. The molecular weight excluding hydrogens is 458 g/mol. The predicted molar refractivity (Wildman–Crippen MR) is 129 cm³/mol. The number of ether oxygens (including phenoxy) is 1. The van der Waals surface area contributed by atoms with Crippen molar-refractivity contribution in [3.63, 3.8) is 0 Å². The number of aromatic amines is 1. The second-order valence-corrected chi connectivity index (χ2v) is 10.6. The number of likely N-dealkylation sites (tertiary alicyclic amines) is 2. The number of rotatable bonds is 5. The minimum Gasteiger partial charge on any atom is -0.444 e. The van der Waals surface area contributed by atoms with Crippen molar-refractivity contribution in [2.45, 2.75) is 70.6 Å². The molecule has 2 saturated heterocycles. The number of hydrogen-bond donors (Lipinski definition) is 2. The van der Waals surface area contributed by atoms with Gasteiger partial charge in [-0.05, 0) is 46.1 Å². The molecule has 3 heterocycles. The molecule has 2 aliphatic heterocycles. The number of halogens is 1. The number of carbonyl (C=O) groups excluding carboxylic acids is 3. The van der Waals surface area contributed by atoms with Crippen molar-refractivity contribution >= 4 is 40.4 Å². The quantitative estimate of drug-likeness (QED) is 0.670. The van der Waals surface area contributed by atoms with Crippen molar-refractivity contribution in [3.8, 4) is 0 Å². The highest BCUT2D eigenvalue weighted by Crippen LogP contribution is 2.38. The van der Waals surface area contributed by atoms with E-state index < -0.39 is 17.7 Å². The van der Waals surface area contributed by atoms with Crippen molar-refractivity contribution in [2.24, 2.45) is 0 Å². The maximum atomic E-state index is 13.3. The van der Waals surface area contributed by atoms with Gasteiger partial charge in [0.1, 0.15) is 17.2 Å². The molecule has 2 N–H and O–H groups in total. The van der Waals surface area contributed by atoms with Gasteiger partial charge in [-0.15, -0.1) is 0 Å². The normalized spacial score (nSPS) is 18.1. The van der Waals surface area contributed by atoms with Crippen molar-refractivity contribution in [2.75, 3.05) is 19.6 Å². The Hall–Kier alpha value is -2.81. The van der Waals surface area contributed by atoms with E-state index >= 15 is 0 Å². The molecule has 1 atom stereocenters. The van der Waals surface area contributed by atoms with Crippen LogP contribution in [0.15, 0.2) is 18.2 Å². The van der Waals surface area contributed by atoms with E-state index in [0.29, 0.717) is 36.6 Å². The highest BCUT2D eigenvalue weighted by molar-refractivity contribution is 6.35. The lowest BCUT2D eigenvalue weighted by Gasteiger charge is -2.53. The van der Waals surface area contributed by atoms with Crippen LogP contribution in [0.2, 0.25) is 5.02 Å². The molecule has 1 unspecified atom stereocenters. The summed E-state index contributed by atoms with van der Waals surface area (Å²) >= 11 is 6.21. The van der Waals surface area contributed by atoms with Gasteiger partial charge >= 0.3 is 6.09 Å². The van der Waals surface area contributed by atoms with E-state index in [4.69, 9.17) is 16.3 Å². The van der Waals surface area contributed by atoms with Gasteiger partial charge in [-0.3, -0.25) is 14.7 Å². The molecular formula is C24H32ClN5O4. The van der Waals surface area contributed by atoms with Gasteiger partial charge in [0.15, 0.2) is 0 Å². The van der Waals surface area contributed by atoms with Crippen LogP contribution in [-0.2, 0) is 20.7 Å². The Morgan fingerprint density at radius 1 is 1.29 bits per heavy atom. The largest absolute Gasteiger partial charge is 0.444 e. The Labute approximate surface area is 204 Å². The first kappa shape index (κ1) is 24.3. The SMILES string of the molecule is CCC(NC(=O)OC(C)(C)C)C(=O)N1CC2(CCCN2C(=O)Cc2[nH]nc3c(Cl)cccc23)C1. The molecule has 0 radical (unpaired) electrons. The van der Waals surface area contributed by atoms with Crippen LogP contribution in [0.5, 0.6) is 0 Å². The van der Waals surface area contributed by atoms with Crippen LogP contribution in [0.1, 0.15) is 52.7 Å². The number of nitrogens with one attached hydrogen (secondary N) is 2. The standard InChI is InChI=1S/C24H32ClN5O4/c1-5-17(26-22(33)34-23(2,3)4)21(32)29-13-24(14-29)10-7-11-30(24)19(31)12-18-15-8-6-9-16(25)20(15)28-27-18/h6,8-9,17H,5,7,10-14H2,1-4H3,(H,26,33)(H,27,28). The van der Waals surface area contributed by atoms with Crippen molar-refractivity contribution in [1.29, 1.82) is 0 Å². The Morgan fingerprint density at radius 3 is 2.71 bits per heavy atom. The van der Waals surface area contributed by atoms with Gasteiger partial charge in [0.05, 0.1) is 22.7 Å².